The highest BCUT2D eigenvalue weighted by Gasteiger charge is 2.29. The maximum atomic E-state index is 11.5. The first-order valence-corrected chi connectivity index (χ1v) is 8.27. The first kappa shape index (κ1) is 13.1. The molecule has 0 saturated carbocycles. The number of hydrogen-bond acceptors (Lipinski definition) is 6. The summed E-state index contributed by atoms with van der Waals surface area (Å²) in [5.74, 6) is 0.631. The predicted octanol–water partition coefficient (Wildman–Crippen LogP) is 1.88. The normalized spacial score (nSPS) is 19.4. The number of fused-ring (bicyclic) bond motifs is 1. The van der Waals surface area contributed by atoms with E-state index >= 15 is 0 Å². The third-order valence-electron chi connectivity index (χ3n) is 3.53. The number of para-hydroxylation sites is 1. The summed E-state index contributed by atoms with van der Waals surface area (Å²) < 4.78 is 28.2. The van der Waals surface area contributed by atoms with E-state index in [4.69, 9.17) is 4.52 Å². The topological polar surface area (TPSA) is 85.1 Å². The zero-order chi connectivity index (χ0) is 14.3. The van der Waals surface area contributed by atoms with E-state index in [-0.39, 0.29) is 11.9 Å². The fourth-order valence-corrected chi connectivity index (χ4v) is 2.67. The standard InChI is InChI=1S/C13H15N3O3S/c1-8(20(2,17)18)12-15-13(19-16-12)11-7-9-5-3-4-6-10(9)14-11/h3-6,8,11,14H,7H2,1-2H3. The molecule has 1 aromatic carbocycles. The van der Waals surface area contributed by atoms with Gasteiger partial charge < -0.3 is 9.84 Å². The molecule has 0 bridgehead atoms. The second-order valence-corrected chi connectivity index (χ2v) is 7.39. The van der Waals surface area contributed by atoms with Crippen LogP contribution in [0.1, 0.15) is 35.5 Å². The molecule has 0 fully saturated rings. The molecule has 6 nitrogen and oxygen atoms in total. The lowest BCUT2D eigenvalue weighted by Crippen LogP contribution is -2.10. The summed E-state index contributed by atoms with van der Waals surface area (Å²) in [6.07, 6.45) is 1.92. The van der Waals surface area contributed by atoms with Crippen molar-refractivity contribution in [3.63, 3.8) is 0 Å². The fourth-order valence-electron chi connectivity index (χ4n) is 2.19. The molecule has 1 aliphatic rings. The molecule has 3 rings (SSSR count). The molecule has 0 amide bonds. The van der Waals surface area contributed by atoms with Crippen molar-refractivity contribution in [2.75, 3.05) is 11.6 Å². The summed E-state index contributed by atoms with van der Waals surface area (Å²) >= 11 is 0. The molecule has 2 heterocycles. The summed E-state index contributed by atoms with van der Waals surface area (Å²) in [5, 5.41) is 6.32. The Morgan fingerprint density at radius 3 is 2.85 bits per heavy atom. The number of sulfone groups is 1. The van der Waals surface area contributed by atoms with Crippen LogP contribution in [0.5, 0.6) is 0 Å². The zero-order valence-corrected chi connectivity index (χ0v) is 12.0. The number of benzene rings is 1. The van der Waals surface area contributed by atoms with Crippen molar-refractivity contribution in [3.8, 4) is 0 Å². The summed E-state index contributed by atoms with van der Waals surface area (Å²) in [5.41, 5.74) is 2.24. The lowest BCUT2D eigenvalue weighted by atomic mass is 10.1. The van der Waals surface area contributed by atoms with Crippen LogP contribution in [0.3, 0.4) is 0 Å². The van der Waals surface area contributed by atoms with Crippen LogP contribution in [-0.2, 0) is 16.3 Å². The first-order chi connectivity index (χ1) is 9.45. The van der Waals surface area contributed by atoms with Gasteiger partial charge in [0.2, 0.25) is 5.89 Å². The van der Waals surface area contributed by atoms with Gasteiger partial charge in [0.05, 0.1) is 0 Å². The van der Waals surface area contributed by atoms with Crippen LogP contribution in [0, 0.1) is 0 Å². The quantitative estimate of drug-likeness (QED) is 0.930. The van der Waals surface area contributed by atoms with Crippen LogP contribution in [0.25, 0.3) is 0 Å². The van der Waals surface area contributed by atoms with Crippen molar-refractivity contribution in [2.45, 2.75) is 24.6 Å². The lowest BCUT2D eigenvalue weighted by molar-refractivity contribution is 0.359. The number of hydrogen-bond donors (Lipinski definition) is 1. The molecule has 2 unspecified atom stereocenters. The number of rotatable bonds is 3. The minimum absolute atomic E-state index is 0.0968. The highest BCUT2D eigenvalue weighted by molar-refractivity contribution is 7.90. The average Bonchev–Trinajstić information content (AvgIpc) is 3.03. The Morgan fingerprint density at radius 1 is 1.40 bits per heavy atom. The van der Waals surface area contributed by atoms with Crippen LogP contribution in [0.4, 0.5) is 5.69 Å². The maximum absolute atomic E-state index is 11.5. The molecular formula is C13H15N3O3S. The monoisotopic (exact) mass is 293 g/mol. The van der Waals surface area contributed by atoms with Gasteiger partial charge in [0, 0.05) is 18.4 Å². The molecule has 106 valence electrons. The van der Waals surface area contributed by atoms with Gasteiger partial charge in [0.15, 0.2) is 15.7 Å². The Balaban J connectivity index is 1.83. The van der Waals surface area contributed by atoms with Crippen LogP contribution >= 0.6 is 0 Å². The van der Waals surface area contributed by atoms with E-state index in [2.05, 4.69) is 15.5 Å². The molecular weight excluding hydrogens is 278 g/mol. The van der Waals surface area contributed by atoms with Gasteiger partial charge in [-0.05, 0) is 18.6 Å². The maximum Gasteiger partial charge on any atom is 0.249 e. The van der Waals surface area contributed by atoms with Crippen molar-refractivity contribution >= 4 is 15.5 Å². The number of nitrogens with one attached hydrogen (secondary N) is 1. The number of aromatic nitrogens is 2. The van der Waals surface area contributed by atoms with Crippen molar-refractivity contribution in [1.29, 1.82) is 0 Å². The summed E-state index contributed by atoms with van der Waals surface area (Å²) in [6, 6.07) is 7.87. The Kier molecular flexibility index (Phi) is 3.01. The Morgan fingerprint density at radius 2 is 2.15 bits per heavy atom. The van der Waals surface area contributed by atoms with Gasteiger partial charge in [0.25, 0.3) is 0 Å². The van der Waals surface area contributed by atoms with Crippen molar-refractivity contribution in [3.05, 3.63) is 41.5 Å². The molecule has 0 radical (unpaired) electrons. The Bertz CT molecular complexity index is 714. The van der Waals surface area contributed by atoms with E-state index in [0.717, 1.165) is 18.4 Å². The van der Waals surface area contributed by atoms with Gasteiger partial charge >= 0.3 is 0 Å². The van der Waals surface area contributed by atoms with Gasteiger partial charge in [-0.25, -0.2) is 8.42 Å². The molecule has 0 saturated heterocycles. The lowest BCUT2D eigenvalue weighted by Gasteiger charge is -2.05. The SMILES string of the molecule is CC(c1noc(C2Cc3ccccc3N2)n1)S(C)(=O)=O. The molecule has 1 aromatic heterocycles. The number of anilines is 1. The van der Waals surface area contributed by atoms with E-state index in [0.29, 0.717) is 5.89 Å². The third kappa shape index (κ3) is 2.29. The van der Waals surface area contributed by atoms with Gasteiger partial charge in [-0.3, -0.25) is 0 Å². The predicted molar refractivity (Wildman–Crippen MR) is 74.1 cm³/mol. The molecule has 1 aliphatic heterocycles. The summed E-state index contributed by atoms with van der Waals surface area (Å²) in [4.78, 5) is 4.22. The van der Waals surface area contributed by atoms with E-state index in [9.17, 15) is 8.42 Å². The second kappa shape index (κ2) is 4.59. The van der Waals surface area contributed by atoms with E-state index < -0.39 is 15.1 Å². The molecule has 0 spiro atoms. The van der Waals surface area contributed by atoms with Crippen LogP contribution < -0.4 is 5.32 Å². The van der Waals surface area contributed by atoms with Gasteiger partial charge in [-0.15, -0.1) is 0 Å². The second-order valence-electron chi connectivity index (χ2n) is 5.02. The largest absolute Gasteiger partial charge is 0.373 e. The average molecular weight is 293 g/mol. The molecule has 2 atom stereocenters. The van der Waals surface area contributed by atoms with Crippen molar-refractivity contribution in [2.24, 2.45) is 0 Å². The van der Waals surface area contributed by atoms with Gasteiger partial charge in [-0.1, -0.05) is 23.4 Å². The van der Waals surface area contributed by atoms with Crippen molar-refractivity contribution in [1.82, 2.24) is 10.1 Å². The van der Waals surface area contributed by atoms with E-state index in [1.807, 2.05) is 24.3 Å². The summed E-state index contributed by atoms with van der Waals surface area (Å²) in [6.45, 7) is 1.56. The Labute approximate surface area is 117 Å². The minimum Gasteiger partial charge on any atom is -0.373 e. The molecule has 7 heteroatoms. The number of nitrogens with zero attached hydrogens (tertiary/aromatic N) is 2. The molecule has 0 aliphatic carbocycles. The summed E-state index contributed by atoms with van der Waals surface area (Å²) in [7, 11) is -3.23. The first-order valence-electron chi connectivity index (χ1n) is 6.32. The molecule has 1 N–H and O–H groups in total. The molecule has 20 heavy (non-hydrogen) atoms. The van der Waals surface area contributed by atoms with Crippen LogP contribution in [0.2, 0.25) is 0 Å². The Hall–Kier alpha value is -1.89. The van der Waals surface area contributed by atoms with E-state index in [1.54, 1.807) is 6.92 Å². The van der Waals surface area contributed by atoms with Crippen molar-refractivity contribution < 1.29 is 12.9 Å². The molecule has 2 aromatic rings. The minimum atomic E-state index is -3.23. The van der Waals surface area contributed by atoms with E-state index in [1.165, 1.54) is 5.56 Å². The third-order valence-corrected chi connectivity index (χ3v) is 5.03. The smallest absolute Gasteiger partial charge is 0.249 e. The van der Waals surface area contributed by atoms with Crippen LogP contribution in [-0.4, -0.2) is 24.8 Å². The fraction of sp³-hybridized carbons (Fsp3) is 0.385. The zero-order valence-electron chi connectivity index (χ0n) is 11.2. The van der Waals surface area contributed by atoms with Gasteiger partial charge in [0.1, 0.15) is 11.3 Å². The van der Waals surface area contributed by atoms with Gasteiger partial charge in [-0.2, -0.15) is 4.98 Å². The van der Waals surface area contributed by atoms with Crippen LogP contribution in [0.15, 0.2) is 28.8 Å². The highest BCUT2D eigenvalue weighted by atomic mass is 32.2. The highest BCUT2D eigenvalue weighted by Crippen LogP contribution is 2.33.